The number of carbonyl (C=O) groups excluding carboxylic acids is 1. The summed E-state index contributed by atoms with van der Waals surface area (Å²) >= 11 is 0. The number of pyridine rings is 1. The summed E-state index contributed by atoms with van der Waals surface area (Å²) in [6.07, 6.45) is 6.72. The van der Waals surface area contributed by atoms with E-state index in [-0.39, 0.29) is 17.6 Å². The van der Waals surface area contributed by atoms with Gasteiger partial charge >= 0.3 is 0 Å². The van der Waals surface area contributed by atoms with Gasteiger partial charge in [-0.25, -0.2) is 0 Å². The van der Waals surface area contributed by atoms with Crippen LogP contribution in [0, 0.1) is 5.92 Å². The molecule has 114 valence electrons. The van der Waals surface area contributed by atoms with Gasteiger partial charge < -0.3 is 14.6 Å². The van der Waals surface area contributed by atoms with Crippen LogP contribution in [-0.4, -0.2) is 23.7 Å². The molecule has 0 saturated heterocycles. The summed E-state index contributed by atoms with van der Waals surface area (Å²) in [5.74, 6) is 0.737. The van der Waals surface area contributed by atoms with E-state index < -0.39 is 0 Å². The number of anilines is 1. The lowest BCUT2D eigenvalue weighted by molar-refractivity contribution is -0.114. The lowest BCUT2D eigenvalue weighted by Crippen LogP contribution is -2.39. The summed E-state index contributed by atoms with van der Waals surface area (Å²) in [5.41, 5.74) is 1.45. The second-order valence-corrected chi connectivity index (χ2v) is 6.21. The Balaban J connectivity index is 1.88. The highest BCUT2D eigenvalue weighted by atomic mass is 16.5. The van der Waals surface area contributed by atoms with E-state index in [9.17, 15) is 9.59 Å². The smallest absolute Gasteiger partial charge is 0.274 e. The number of carbonyl (C=O) groups is 1. The third-order valence-electron chi connectivity index (χ3n) is 4.55. The van der Waals surface area contributed by atoms with E-state index in [1.165, 1.54) is 19.8 Å². The first-order valence-corrected chi connectivity index (χ1v) is 7.63. The van der Waals surface area contributed by atoms with Crippen molar-refractivity contribution in [3.05, 3.63) is 28.2 Å². The Kier molecular flexibility index (Phi) is 3.85. The Labute approximate surface area is 124 Å². The fraction of sp³-hybridized carbons (Fsp3) is 0.625. The maximum atomic E-state index is 12.5. The van der Waals surface area contributed by atoms with Gasteiger partial charge in [0.15, 0.2) is 0 Å². The molecule has 0 bridgehead atoms. The average Bonchev–Trinajstić information content (AvgIpc) is 3.22. The molecule has 0 radical (unpaired) electrons. The molecule has 5 heteroatoms. The summed E-state index contributed by atoms with van der Waals surface area (Å²) < 4.78 is 7.17. The molecular formula is C16H22N2O3. The van der Waals surface area contributed by atoms with Crippen molar-refractivity contribution >= 4 is 11.6 Å². The quantitative estimate of drug-likeness (QED) is 0.903. The Morgan fingerprint density at radius 2 is 2.14 bits per heavy atom. The predicted molar refractivity (Wildman–Crippen MR) is 80.5 cm³/mol. The zero-order valence-corrected chi connectivity index (χ0v) is 12.6. The first kappa shape index (κ1) is 14.3. The molecule has 2 saturated carbocycles. The van der Waals surface area contributed by atoms with Crippen molar-refractivity contribution in [2.45, 2.75) is 51.2 Å². The van der Waals surface area contributed by atoms with Gasteiger partial charge in [0.1, 0.15) is 5.69 Å². The number of ether oxygens (including phenoxy) is 1. The van der Waals surface area contributed by atoms with Crippen LogP contribution < -0.4 is 10.9 Å². The third-order valence-corrected chi connectivity index (χ3v) is 4.55. The topological polar surface area (TPSA) is 60.3 Å². The van der Waals surface area contributed by atoms with Crippen LogP contribution in [-0.2, 0) is 16.1 Å². The Morgan fingerprint density at radius 1 is 1.38 bits per heavy atom. The van der Waals surface area contributed by atoms with Crippen molar-refractivity contribution in [3.63, 3.8) is 0 Å². The van der Waals surface area contributed by atoms with Crippen LogP contribution in [0.5, 0.6) is 0 Å². The molecule has 0 spiro atoms. The van der Waals surface area contributed by atoms with Crippen molar-refractivity contribution in [3.8, 4) is 0 Å². The standard InChI is InChI=1S/C16H22N2O3/c1-10(19)17-14-7-13(11-3-4-11)9-18(16(14)20)8-12-5-6-15(12)21-2/h7,9,11-12,15H,3-6,8H2,1-2H3,(H,17,19)/t12?,15-/m0/s1. The van der Waals surface area contributed by atoms with Crippen LogP contribution in [0.2, 0.25) is 0 Å². The van der Waals surface area contributed by atoms with Gasteiger partial charge in [0.2, 0.25) is 5.91 Å². The largest absolute Gasteiger partial charge is 0.381 e. The molecular weight excluding hydrogens is 268 g/mol. The summed E-state index contributed by atoms with van der Waals surface area (Å²) in [6.45, 7) is 2.10. The van der Waals surface area contributed by atoms with Gasteiger partial charge in [0, 0.05) is 32.7 Å². The van der Waals surface area contributed by atoms with E-state index in [4.69, 9.17) is 4.74 Å². The molecule has 2 atom stereocenters. The van der Waals surface area contributed by atoms with Gasteiger partial charge in [-0.15, -0.1) is 0 Å². The fourth-order valence-electron chi connectivity index (χ4n) is 3.02. The zero-order valence-electron chi connectivity index (χ0n) is 12.6. The molecule has 1 aromatic heterocycles. The van der Waals surface area contributed by atoms with E-state index in [1.807, 2.05) is 12.3 Å². The minimum absolute atomic E-state index is 0.114. The first-order chi connectivity index (χ1) is 10.1. The molecule has 2 fully saturated rings. The molecule has 1 unspecified atom stereocenters. The number of hydrogen-bond donors (Lipinski definition) is 1. The Morgan fingerprint density at radius 3 is 2.67 bits per heavy atom. The highest BCUT2D eigenvalue weighted by Gasteiger charge is 2.32. The number of nitrogens with zero attached hydrogens (tertiary/aromatic N) is 1. The molecule has 0 aliphatic heterocycles. The van der Waals surface area contributed by atoms with E-state index in [0.29, 0.717) is 24.1 Å². The molecule has 1 heterocycles. The van der Waals surface area contributed by atoms with Gasteiger partial charge in [-0.3, -0.25) is 9.59 Å². The maximum Gasteiger partial charge on any atom is 0.274 e. The van der Waals surface area contributed by atoms with Crippen molar-refractivity contribution in [2.24, 2.45) is 5.92 Å². The van der Waals surface area contributed by atoms with Crippen LogP contribution >= 0.6 is 0 Å². The highest BCUT2D eigenvalue weighted by Crippen LogP contribution is 2.40. The Bertz CT molecular complexity index is 602. The second-order valence-electron chi connectivity index (χ2n) is 6.21. The molecule has 1 aromatic rings. The van der Waals surface area contributed by atoms with Crippen molar-refractivity contribution in [1.29, 1.82) is 0 Å². The van der Waals surface area contributed by atoms with Crippen LogP contribution in [0.15, 0.2) is 17.1 Å². The number of methoxy groups -OCH3 is 1. The number of aromatic nitrogens is 1. The first-order valence-electron chi connectivity index (χ1n) is 7.63. The van der Waals surface area contributed by atoms with Crippen LogP contribution in [0.3, 0.4) is 0 Å². The third kappa shape index (κ3) is 3.02. The molecule has 1 N–H and O–H groups in total. The predicted octanol–water partition coefficient (Wildman–Crippen LogP) is 2.11. The van der Waals surface area contributed by atoms with Gasteiger partial charge in [-0.05, 0) is 43.2 Å². The molecule has 0 aromatic carbocycles. The molecule has 5 nitrogen and oxygen atoms in total. The summed E-state index contributed by atoms with van der Waals surface area (Å²) in [7, 11) is 1.73. The van der Waals surface area contributed by atoms with Crippen LogP contribution in [0.25, 0.3) is 0 Å². The van der Waals surface area contributed by atoms with Crippen LogP contribution in [0.4, 0.5) is 5.69 Å². The van der Waals surface area contributed by atoms with Crippen molar-refractivity contribution in [2.75, 3.05) is 12.4 Å². The minimum atomic E-state index is -0.204. The number of rotatable bonds is 5. The zero-order chi connectivity index (χ0) is 15.0. The molecule has 3 rings (SSSR count). The average molecular weight is 290 g/mol. The van der Waals surface area contributed by atoms with E-state index in [0.717, 1.165) is 18.4 Å². The molecule has 2 aliphatic carbocycles. The van der Waals surface area contributed by atoms with E-state index in [1.54, 1.807) is 11.7 Å². The van der Waals surface area contributed by atoms with E-state index in [2.05, 4.69) is 5.32 Å². The summed E-state index contributed by atoms with van der Waals surface area (Å²) in [6, 6.07) is 1.84. The normalized spacial score (nSPS) is 24.5. The van der Waals surface area contributed by atoms with Gasteiger partial charge in [-0.1, -0.05) is 0 Å². The fourth-order valence-corrected chi connectivity index (χ4v) is 3.02. The molecule has 21 heavy (non-hydrogen) atoms. The number of nitrogens with one attached hydrogen (secondary N) is 1. The second kappa shape index (κ2) is 5.64. The molecule has 2 aliphatic rings. The highest BCUT2D eigenvalue weighted by molar-refractivity contribution is 5.88. The van der Waals surface area contributed by atoms with Gasteiger partial charge in [0.25, 0.3) is 5.56 Å². The SMILES string of the molecule is CO[C@H]1CCC1Cn1cc(C2CC2)cc(NC(C)=O)c1=O. The van der Waals surface area contributed by atoms with E-state index >= 15 is 0 Å². The van der Waals surface area contributed by atoms with Crippen LogP contribution in [0.1, 0.15) is 44.1 Å². The van der Waals surface area contributed by atoms with Gasteiger partial charge in [-0.2, -0.15) is 0 Å². The Hall–Kier alpha value is -1.62. The lowest BCUT2D eigenvalue weighted by atomic mass is 9.81. The van der Waals surface area contributed by atoms with Crippen molar-refractivity contribution in [1.82, 2.24) is 4.57 Å². The number of hydrogen-bond acceptors (Lipinski definition) is 3. The monoisotopic (exact) mass is 290 g/mol. The van der Waals surface area contributed by atoms with Gasteiger partial charge in [0.05, 0.1) is 6.10 Å². The summed E-state index contributed by atoms with van der Waals surface area (Å²) in [4.78, 5) is 23.8. The maximum absolute atomic E-state index is 12.5. The molecule has 1 amide bonds. The lowest BCUT2D eigenvalue weighted by Gasteiger charge is -2.35. The van der Waals surface area contributed by atoms with Crippen molar-refractivity contribution < 1.29 is 9.53 Å². The minimum Gasteiger partial charge on any atom is -0.381 e. The number of amides is 1. The summed E-state index contributed by atoms with van der Waals surface area (Å²) in [5, 5.41) is 2.67.